The molecule has 0 aliphatic rings. The second-order valence-electron chi connectivity index (χ2n) is 4.96. The third kappa shape index (κ3) is 4.56. The maximum atomic E-state index is 12.7. The molecule has 0 bridgehead atoms. The molecular weight excluding hydrogens is 314 g/mol. The third-order valence-corrected chi connectivity index (χ3v) is 4.24. The Morgan fingerprint density at radius 2 is 2.17 bits per heavy atom. The predicted molar refractivity (Wildman–Crippen MR) is 91.9 cm³/mol. The lowest BCUT2D eigenvalue weighted by molar-refractivity contribution is -0.118. The molecule has 0 spiro atoms. The van der Waals surface area contributed by atoms with Gasteiger partial charge in [-0.1, -0.05) is 23.9 Å². The molecule has 0 saturated carbocycles. The van der Waals surface area contributed by atoms with Crippen molar-refractivity contribution in [3.05, 3.63) is 34.6 Å². The number of fused-ring (bicyclic) bond motifs is 1. The van der Waals surface area contributed by atoms with Crippen molar-refractivity contribution in [1.82, 2.24) is 14.9 Å². The molecule has 1 amide bonds. The molecule has 1 heterocycles. The van der Waals surface area contributed by atoms with Crippen LogP contribution in [0.25, 0.3) is 10.9 Å². The molecule has 1 N–H and O–H groups in total. The van der Waals surface area contributed by atoms with Gasteiger partial charge in [-0.2, -0.15) is 0 Å². The van der Waals surface area contributed by atoms with E-state index in [2.05, 4.69) is 10.3 Å². The summed E-state index contributed by atoms with van der Waals surface area (Å²) < 4.78 is 6.68. The summed E-state index contributed by atoms with van der Waals surface area (Å²) in [6.45, 7) is 3.55. The number of hydrogen-bond acceptors (Lipinski definition) is 5. The first kappa shape index (κ1) is 17.5. The molecule has 2 aromatic rings. The molecule has 23 heavy (non-hydrogen) atoms. The number of ether oxygens (including phenoxy) is 1. The molecule has 2 rings (SSSR count). The molecular formula is C16H21N3O3S. The minimum atomic E-state index is -0.0786. The van der Waals surface area contributed by atoms with Gasteiger partial charge in [0.2, 0.25) is 5.91 Å². The fraction of sp³-hybridized carbons (Fsp3) is 0.438. The summed E-state index contributed by atoms with van der Waals surface area (Å²) in [4.78, 5) is 28.9. The van der Waals surface area contributed by atoms with E-state index in [-0.39, 0.29) is 17.2 Å². The van der Waals surface area contributed by atoms with Gasteiger partial charge in [-0.3, -0.25) is 14.2 Å². The van der Waals surface area contributed by atoms with Gasteiger partial charge in [0.15, 0.2) is 5.16 Å². The highest BCUT2D eigenvalue weighted by molar-refractivity contribution is 7.99. The zero-order valence-corrected chi connectivity index (χ0v) is 14.2. The molecule has 0 aliphatic heterocycles. The molecule has 0 unspecified atom stereocenters. The first-order valence-corrected chi connectivity index (χ1v) is 8.54. The van der Waals surface area contributed by atoms with E-state index in [1.165, 1.54) is 11.8 Å². The Labute approximate surface area is 139 Å². The van der Waals surface area contributed by atoms with E-state index in [0.717, 1.165) is 0 Å². The Morgan fingerprint density at radius 3 is 2.91 bits per heavy atom. The Kier molecular flexibility index (Phi) is 6.61. The smallest absolute Gasteiger partial charge is 0.262 e. The summed E-state index contributed by atoms with van der Waals surface area (Å²) in [5.41, 5.74) is 0.573. The van der Waals surface area contributed by atoms with Crippen molar-refractivity contribution >= 4 is 28.6 Å². The number of benzene rings is 1. The lowest BCUT2D eigenvalue weighted by Crippen LogP contribution is -2.27. The highest BCUT2D eigenvalue weighted by Crippen LogP contribution is 2.17. The predicted octanol–water partition coefficient (Wildman–Crippen LogP) is 1.66. The van der Waals surface area contributed by atoms with Gasteiger partial charge in [0, 0.05) is 26.8 Å². The lowest BCUT2D eigenvalue weighted by Gasteiger charge is -2.12. The minimum absolute atomic E-state index is 0.0663. The van der Waals surface area contributed by atoms with Crippen LogP contribution < -0.4 is 10.9 Å². The zero-order chi connectivity index (χ0) is 16.7. The number of carbonyl (C=O) groups excluding carboxylic acids is 1. The number of aromatic nitrogens is 2. The topological polar surface area (TPSA) is 73.2 Å². The molecule has 1 aromatic carbocycles. The maximum Gasteiger partial charge on any atom is 0.262 e. The van der Waals surface area contributed by atoms with Crippen LogP contribution in [0.3, 0.4) is 0 Å². The highest BCUT2D eigenvalue weighted by atomic mass is 32.2. The number of carbonyl (C=O) groups is 1. The summed E-state index contributed by atoms with van der Waals surface area (Å²) in [7, 11) is 1.63. The Morgan fingerprint density at radius 1 is 1.39 bits per heavy atom. The Balaban J connectivity index is 2.32. The van der Waals surface area contributed by atoms with E-state index >= 15 is 0 Å². The van der Waals surface area contributed by atoms with Crippen LogP contribution in [-0.2, 0) is 16.1 Å². The SMILES string of the molecule is CCNC(=O)CSc1nc2ccccc2c(=O)n1CCCOC. The van der Waals surface area contributed by atoms with Crippen LogP contribution in [0, 0.1) is 0 Å². The molecule has 6 nitrogen and oxygen atoms in total. The van der Waals surface area contributed by atoms with Gasteiger partial charge in [0.25, 0.3) is 5.56 Å². The molecule has 0 radical (unpaired) electrons. The van der Waals surface area contributed by atoms with E-state index in [4.69, 9.17) is 4.74 Å². The quantitative estimate of drug-likeness (QED) is 0.451. The number of rotatable bonds is 8. The van der Waals surface area contributed by atoms with Crippen LogP contribution in [0.5, 0.6) is 0 Å². The van der Waals surface area contributed by atoms with E-state index in [9.17, 15) is 9.59 Å². The van der Waals surface area contributed by atoms with Gasteiger partial charge in [0.1, 0.15) is 0 Å². The van der Waals surface area contributed by atoms with Crippen molar-refractivity contribution < 1.29 is 9.53 Å². The number of para-hydroxylation sites is 1. The third-order valence-electron chi connectivity index (χ3n) is 3.26. The van der Waals surface area contributed by atoms with Crippen molar-refractivity contribution in [2.24, 2.45) is 0 Å². The summed E-state index contributed by atoms with van der Waals surface area (Å²) in [5.74, 6) is 0.173. The van der Waals surface area contributed by atoms with Crippen molar-refractivity contribution in [1.29, 1.82) is 0 Å². The fourth-order valence-electron chi connectivity index (χ4n) is 2.20. The fourth-order valence-corrected chi connectivity index (χ4v) is 3.06. The minimum Gasteiger partial charge on any atom is -0.385 e. The lowest BCUT2D eigenvalue weighted by atomic mass is 10.2. The average molecular weight is 335 g/mol. The first-order chi connectivity index (χ1) is 11.2. The van der Waals surface area contributed by atoms with Gasteiger partial charge < -0.3 is 10.1 Å². The second-order valence-corrected chi connectivity index (χ2v) is 5.90. The van der Waals surface area contributed by atoms with Crippen molar-refractivity contribution in [2.45, 2.75) is 25.0 Å². The average Bonchev–Trinajstić information content (AvgIpc) is 2.55. The van der Waals surface area contributed by atoms with Crippen LogP contribution in [0.15, 0.2) is 34.2 Å². The summed E-state index contributed by atoms with van der Waals surface area (Å²) in [6, 6.07) is 7.26. The van der Waals surface area contributed by atoms with Gasteiger partial charge in [-0.15, -0.1) is 0 Å². The van der Waals surface area contributed by atoms with E-state index in [1.54, 1.807) is 17.7 Å². The first-order valence-electron chi connectivity index (χ1n) is 7.55. The monoisotopic (exact) mass is 335 g/mol. The molecule has 1 aromatic heterocycles. The van der Waals surface area contributed by atoms with E-state index < -0.39 is 0 Å². The Bertz CT molecular complexity index is 730. The number of thioether (sulfide) groups is 1. The molecule has 0 fully saturated rings. The van der Waals surface area contributed by atoms with Crippen LogP contribution in [-0.4, -0.2) is 41.5 Å². The van der Waals surface area contributed by atoms with Crippen molar-refractivity contribution in [3.8, 4) is 0 Å². The van der Waals surface area contributed by atoms with Gasteiger partial charge in [0.05, 0.1) is 16.7 Å². The number of nitrogens with one attached hydrogen (secondary N) is 1. The standard InChI is InChI=1S/C16H21N3O3S/c1-3-17-14(20)11-23-16-18-13-8-5-4-7-12(13)15(21)19(16)9-6-10-22-2/h4-5,7-8H,3,6,9-11H2,1-2H3,(H,17,20). The van der Waals surface area contributed by atoms with Crippen molar-refractivity contribution in [3.63, 3.8) is 0 Å². The van der Waals surface area contributed by atoms with E-state index in [1.807, 2.05) is 25.1 Å². The number of amides is 1. The summed E-state index contributed by atoms with van der Waals surface area (Å²) in [5, 5.41) is 3.90. The molecule has 124 valence electrons. The normalized spacial score (nSPS) is 10.9. The summed E-state index contributed by atoms with van der Waals surface area (Å²) in [6.07, 6.45) is 0.713. The molecule has 0 aliphatic carbocycles. The number of hydrogen-bond donors (Lipinski definition) is 1. The number of methoxy groups -OCH3 is 1. The zero-order valence-electron chi connectivity index (χ0n) is 13.4. The molecule has 7 heteroatoms. The van der Waals surface area contributed by atoms with Gasteiger partial charge in [-0.05, 0) is 25.5 Å². The molecule has 0 atom stereocenters. The second kappa shape index (κ2) is 8.69. The maximum absolute atomic E-state index is 12.7. The van der Waals surface area contributed by atoms with E-state index in [0.29, 0.717) is 42.2 Å². The van der Waals surface area contributed by atoms with Crippen LogP contribution in [0.4, 0.5) is 0 Å². The van der Waals surface area contributed by atoms with Crippen LogP contribution >= 0.6 is 11.8 Å². The van der Waals surface area contributed by atoms with Crippen LogP contribution in [0.1, 0.15) is 13.3 Å². The highest BCUT2D eigenvalue weighted by Gasteiger charge is 2.12. The molecule has 0 saturated heterocycles. The number of nitrogens with zero attached hydrogens (tertiary/aromatic N) is 2. The van der Waals surface area contributed by atoms with Crippen molar-refractivity contribution in [2.75, 3.05) is 26.0 Å². The van der Waals surface area contributed by atoms with Gasteiger partial charge in [-0.25, -0.2) is 4.98 Å². The Hall–Kier alpha value is -1.86. The van der Waals surface area contributed by atoms with Gasteiger partial charge >= 0.3 is 0 Å². The van der Waals surface area contributed by atoms with Crippen LogP contribution in [0.2, 0.25) is 0 Å². The largest absolute Gasteiger partial charge is 0.385 e. The summed E-state index contributed by atoms with van der Waals surface area (Å²) >= 11 is 1.28.